The van der Waals surface area contributed by atoms with Gasteiger partial charge in [-0.15, -0.1) is 0 Å². The van der Waals surface area contributed by atoms with Crippen LogP contribution in [-0.2, 0) is 26.8 Å². The predicted molar refractivity (Wildman–Crippen MR) is 198 cm³/mol. The van der Waals surface area contributed by atoms with E-state index in [0.29, 0.717) is 25.9 Å². The van der Waals surface area contributed by atoms with Crippen LogP contribution in [0.3, 0.4) is 0 Å². The number of hydrogen-bond donors (Lipinski definition) is 5. The van der Waals surface area contributed by atoms with Crippen molar-refractivity contribution in [3.8, 4) is 22.5 Å². The first-order valence-electron chi connectivity index (χ1n) is 17.5. The van der Waals surface area contributed by atoms with Crippen LogP contribution in [0.5, 0.6) is 0 Å². The molecule has 2 aromatic carbocycles. The molecule has 1 aliphatic carbocycles. The van der Waals surface area contributed by atoms with Crippen LogP contribution in [0.1, 0.15) is 40.5 Å². The molecule has 0 radical (unpaired) electrons. The van der Waals surface area contributed by atoms with Crippen molar-refractivity contribution in [2.24, 2.45) is 5.92 Å². The number of nitrogens with two attached hydrogens (primary N) is 2. The SMILES string of the molecule is CCNC(=O)c1cc(C(=O)NCC2CCN(CC(O)Cn3ccnc3[N+](=O)[O-])CC2)ccc1-c1c2ccc(=[NH2+])c(S(=O)(=O)[O-])c-2oc2c(S(=O)(=O)[O-])c(N)ccc12. The van der Waals surface area contributed by atoms with E-state index in [0.717, 1.165) is 12.1 Å². The fourth-order valence-electron chi connectivity index (χ4n) is 7.06. The Bertz CT molecular complexity index is 2650. The summed E-state index contributed by atoms with van der Waals surface area (Å²) in [6.07, 6.45) is 3.20. The van der Waals surface area contributed by atoms with Crippen LogP contribution in [0.25, 0.3) is 33.4 Å². The van der Waals surface area contributed by atoms with Gasteiger partial charge in [-0.25, -0.2) is 21.4 Å². The Kier molecular flexibility index (Phi) is 11.5. The number of likely N-dealkylation sites (tertiary alicyclic amines) is 1. The number of nitrogen functional groups attached to an aromatic ring is 1. The van der Waals surface area contributed by atoms with Crippen LogP contribution in [0, 0.1) is 16.0 Å². The number of aliphatic hydroxyl groups excluding tert-OH is 1. The number of aromatic nitrogens is 2. The molecule has 2 amide bonds. The van der Waals surface area contributed by atoms with Crippen molar-refractivity contribution < 1.29 is 55.4 Å². The Morgan fingerprint density at radius 1 is 1.02 bits per heavy atom. The second-order valence-electron chi connectivity index (χ2n) is 13.5. The lowest BCUT2D eigenvalue weighted by molar-refractivity contribution is -0.397. The van der Waals surface area contributed by atoms with E-state index in [4.69, 9.17) is 15.6 Å². The van der Waals surface area contributed by atoms with E-state index in [-0.39, 0.29) is 71.2 Å². The van der Waals surface area contributed by atoms with Gasteiger partial charge in [0.1, 0.15) is 37.5 Å². The molecule has 57 heavy (non-hydrogen) atoms. The molecule has 3 aliphatic rings. The molecular weight excluding hydrogens is 789 g/mol. The normalized spacial score (nSPS) is 14.8. The fourth-order valence-corrected chi connectivity index (χ4v) is 8.53. The highest BCUT2D eigenvalue weighted by Gasteiger charge is 2.31. The molecule has 0 bridgehead atoms. The molecule has 0 saturated carbocycles. The topological polar surface area (TPSA) is 322 Å². The zero-order valence-corrected chi connectivity index (χ0v) is 31.8. The van der Waals surface area contributed by atoms with Gasteiger partial charge in [-0.1, -0.05) is 11.1 Å². The van der Waals surface area contributed by atoms with E-state index in [2.05, 4.69) is 15.6 Å². The third-order valence-electron chi connectivity index (χ3n) is 9.65. The number of piperidine rings is 1. The number of aliphatic hydroxyl groups is 1. The first-order chi connectivity index (χ1) is 26.9. The minimum atomic E-state index is -5.37. The highest BCUT2D eigenvalue weighted by molar-refractivity contribution is 7.86. The number of nitrogens with one attached hydrogen (secondary N) is 2. The van der Waals surface area contributed by atoms with E-state index in [1.807, 2.05) is 4.90 Å². The Balaban J connectivity index is 1.29. The average Bonchev–Trinajstić information content (AvgIpc) is 3.60. The number of imidazole rings is 1. The summed E-state index contributed by atoms with van der Waals surface area (Å²) in [7, 11) is -10.7. The number of amides is 2. The van der Waals surface area contributed by atoms with Crippen LogP contribution in [0.4, 0.5) is 11.6 Å². The van der Waals surface area contributed by atoms with Crippen molar-refractivity contribution in [2.45, 2.75) is 42.2 Å². The van der Waals surface area contributed by atoms with Gasteiger partial charge in [-0.05, 0) is 79.6 Å². The summed E-state index contributed by atoms with van der Waals surface area (Å²) in [6, 6.07) is 8.94. The van der Waals surface area contributed by atoms with Crippen molar-refractivity contribution >= 4 is 54.7 Å². The number of hydrogen-bond acceptors (Lipinski definition) is 15. The van der Waals surface area contributed by atoms with Crippen molar-refractivity contribution in [1.82, 2.24) is 25.1 Å². The molecule has 1 unspecified atom stereocenters. The van der Waals surface area contributed by atoms with Crippen LogP contribution in [0.15, 0.2) is 69.1 Å². The fraction of sp³-hybridized carbons (Fsp3) is 0.314. The number of fused-ring (bicyclic) bond motifs is 2. The smallest absolute Gasteiger partial charge is 0.434 e. The van der Waals surface area contributed by atoms with Crippen molar-refractivity contribution in [1.29, 1.82) is 0 Å². The van der Waals surface area contributed by atoms with Gasteiger partial charge in [0.15, 0.2) is 16.2 Å². The van der Waals surface area contributed by atoms with Gasteiger partial charge in [0.05, 0.1) is 18.3 Å². The van der Waals surface area contributed by atoms with Gasteiger partial charge in [0.2, 0.25) is 5.36 Å². The zero-order chi connectivity index (χ0) is 41.4. The number of carbonyl (C=O) groups is 2. The second-order valence-corrected chi connectivity index (χ2v) is 16.1. The van der Waals surface area contributed by atoms with Gasteiger partial charge >= 0.3 is 5.95 Å². The molecule has 3 aromatic rings. The van der Waals surface area contributed by atoms with Gasteiger partial charge in [0, 0.05) is 53.3 Å². The maximum Gasteiger partial charge on any atom is 0.434 e. The van der Waals surface area contributed by atoms with Gasteiger partial charge in [-0.3, -0.25) is 15.0 Å². The number of rotatable bonds is 13. The van der Waals surface area contributed by atoms with Crippen LogP contribution in [0.2, 0.25) is 0 Å². The standard InChI is InChI=1S/C35H38N8O12S2/c1-2-38-34(46)25-15-20(33(45)40-16-19-9-12-41(13-10-19)17-21(44)18-42-14-11-39-35(42)43(47)48)3-4-22(25)28-23-5-7-26(36)31(56(49,50)51)29(23)55-30-24(28)6-8-27(37)32(30)57(52,53)54/h3-8,11,14-15,19,21,36,44H,2,9-10,12-13,16-18,37H2,1H3,(H,38,46)(H,40,45)(H,49,50,51)(H,52,53,54)/p-1. The van der Waals surface area contributed by atoms with Gasteiger partial charge < -0.3 is 50.0 Å². The highest BCUT2D eigenvalue weighted by Crippen LogP contribution is 2.45. The first kappa shape index (κ1) is 40.9. The Labute approximate surface area is 324 Å². The number of carbonyl (C=O) groups excluding carboxylic acids is 2. The largest absolute Gasteiger partial charge is 0.744 e. The monoisotopic (exact) mass is 825 g/mol. The van der Waals surface area contributed by atoms with Crippen molar-refractivity contribution in [3.63, 3.8) is 0 Å². The third kappa shape index (κ3) is 8.50. The summed E-state index contributed by atoms with van der Waals surface area (Å²) in [5, 5.41) is 32.5. The molecular formula is C35H37N8O12S2-. The summed E-state index contributed by atoms with van der Waals surface area (Å²) in [4.78, 5) is 41.3. The molecule has 3 heterocycles. The number of nitro groups is 1. The molecule has 1 aromatic heterocycles. The number of β-amino-alcohol motifs (C(OH)–C–C–N with tert-alkyl or cyclic N) is 1. The predicted octanol–water partition coefficient (Wildman–Crippen LogP) is -0.388. The summed E-state index contributed by atoms with van der Waals surface area (Å²) >= 11 is 0. The molecule has 6 rings (SSSR count). The van der Waals surface area contributed by atoms with Crippen LogP contribution in [-0.4, -0.2) is 101 Å². The Morgan fingerprint density at radius 3 is 2.35 bits per heavy atom. The lowest BCUT2D eigenvalue weighted by Crippen LogP contribution is -2.47. The van der Waals surface area contributed by atoms with Crippen molar-refractivity contribution in [3.05, 3.63) is 81.5 Å². The molecule has 20 nitrogen and oxygen atoms in total. The van der Waals surface area contributed by atoms with E-state index >= 15 is 0 Å². The highest BCUT2D eigenvalue weighted by atomic mass is 32.2. The second kappa shape index (κ2) is 16.0. The summed E-state index contributed by atoms with van der Waals surface area (Å²) < 4.78 is 81.7. The molecule has 1 fully saturated rings. The first-order valence-corrected chi connectivity index (χ1v) is 20.3. The lowest BCUT2D eigenvalue weighted by atomic mass is 9.89. The number of anilines is 1. The maximum absolute atomic E-state index is 13.6. The summed E-state index contributed by atoms with van der Waals surface area (Å²) in [6.45, 7) is 3.59. The summed E-state index contributed by atoms with van der Waals surface area (Å²) in [5.41, 5.74) is 4.59. The Hall–Kier alpha value is -5.78. The van der Waals surface area contributed by atoms with Gasteiger partial charge in [0.25, 0.3) is 11.8 Å². The van der Waals surface area contributed by atoms with Crippen molar-refractivity contribution in [2.75, 3.05) is 38.5 Å². The minimum Gasteiger partial charge on any atom is -0.744 e. The average molecular weight is 826 g/mol. The van der Waals surface area contributed by atoms with E-state index in [9.17, 15) is 50.8 Å². The maximum atomic E-state index is 13.6. The van der Waals surface area contributed by atoms with Gasteiger partial charge in [-0.2, -0.15) is 0 Å². The molecule has 22 heteroatoms. The molecule has 1 atom stereocenters. The summed E-state index contributed by atoms with van der Waals surface area (Å²) in [5.74, 6) is -2.16. The van der Waals surface area contributed by atoms with E-state index in [1.54, 1.807) is 6.92 Å². The Morgan fingerprint density at radius 2 is 1.70 bits per heavy atom. The quantitative estimate of drug-likeness (QED) is 0.0332. The third-order valence-corrected chi connectivity index (χ3v) is 11.5. The van der Waals surface area contributed by atoms with Crippen LogP contribution < -0.4 is 27.1 Å². The molecule has 0 spiro atoms. The minimum absolute atomic E-state index is 0.00480. The lowest BCUT2D eigenvalue weighted by Gasteiger charge is -2.33. The number of nitrogens with zero attached hydrogens (tertiary/aromatic N) is 4. The molecule has 1 saturated heterocycles. The number of benzene rings is 3. The van der Waals surface area contributed by atoms with E-state index < -0.39 is 75.3 Å². The van der Waals surface area contributed by atoms with Crippen LogP contribution >= 0.6 is 0 Å². The van der Waals surface area contributed by atoms with E-state index in [1.165, 1.54) is 47.3 Å². The molecule has 7 N–H and O–H groups in total. The molecule has 2 aliphatic heterocycles. The zero-order valence-electron chi connectivity index (χ0n) is 30.2. The molecule has 302 valence electrons.